The maximum absolute atomic E-state index is 12.1. The molecule has 2 heterocycles. The summed E-state index contributed by atoms with van der Waals surface area (Å²) in [6.07, 6.45) is 0. The summed E-state index contributed by atoms with van der Waals surface area (Å²) in [7, 11) is 0. The highest BCUT2D eigenvalue weighted by Gasteiger charge is 2.20. The van der Waals surface area contributed by atoms with E-state index in [1.165, 1.54) is 0 Å². The number of hydrogen-bond donors (Lipinski definition) is 1. The zero-order valence-electron chi connectivity index (χ0n) is 13.2. The monoisotopic (exact) mass is 322 g/mol. The van der Waals surface area contributed by atoms with Crippen molar-refractivity contribution in [1.82, 2.24) is 15.1 Å². The Labute approximate surface area is 140 Å². The fourth-order valence-corrected chi connectivity index (χ4v) is 2.61. The quantitative estimate of drug-likeness (QED) is 0.907. The van der Waals surface area contributed by atoms with Gasteiger partial charge in [-0.1, -0.05) is 18.2 Å². The Morgan fingerprint density at radius 2 is 1.83 bits per heavy atom. The second kappa shape index (κ2) is 7.53. The summed E-state index contributed by atoms with van der Waals surface area (Å²) < 4.78 is 0. The standard InChI is InChI=1S/C17H18N6O/c18-12-15-6-7-16(21-20-15)23-10-8-22(9-11-23)13-17(24)19-14-4-2-1-3-5-14/h1-7H,8-11,13H2,(H,19,24). The van der Waals surface area contributed by atoms with Crippen molar-refractivity contribution in [1.29, 1.82) is 5.26 Å². The molecule has 0 atom stereocenters. The van der Waals surface area contributed by atoms with E-state index in [0.717, 1.165) is 37.7 Å². The van der Waals surface area contributed by atoms with E-state index < -0.39 is 0 Å². The minimum Gasteiger partial charge on any atom is -0.353 e. The number of para-hydroxylation sites is 1. The van der Waals surface area contributed by atoms with Crippen molar-refractivity contribution in [2.45, 2.75) is 0 Å². The molecule has 7 nitrogen and oxygen atoms in total. The molecule has 2 aromatic rings. The molecule has 0 aliphatic carbocycles. The Hall–Kier alpha value is -2.98. The van der Waals surface area contributed by atoms with Gasteiger partial charge in [-0.25, -0.2) is 0 Å². The first-order valence-corrected chi connectivity index (χ1v) is 7.80. The Bertz CT molecular complexity index is 717. The van der Waals surface area contributed by atoms with Crippen molar-refractivity contribution in [3.05, 3.63) is 48.2 Å². The highest BCUT2D eigenvalue weighted by molar-refractivity contribution is 5.92. The molecule has 1 amide bonds. The molecule has 0 spiro atoms. The molecule has 0 bridgehead atoms. The van der Waals surface area contributed by atoms with Crippen LogP contribution in [0.3, 0.4) is 0 Å². The van der Waals surface area contributed by atoms with Gasteiger partial charge in [0.2, 0.25) is 5.91 Å². The minimum atomic E-state index is -0.00665. The molecule has 1 aromatic carbocycles. The number of nitriles is 1. The first kappa shape index (κ1) is 15.9. The van der Waals surface area contributed by atoms with Gasteiger partial charge in [0.05, 0.1) is 6.54 Å². The molecule has 122 valence electrons. The summed E-state index contributed by atoms with van der Waals surface area (Å²) in [5.41, 5.74) is 1.13. The first-order valence-electron chi connectivity index (χ1n) is 7.80. The van der Waals surface area contributed by atoms with Crippen LogP contribution in [0.1, 0.15) is 5.69 Å². The van der Waals surface area contributed by atoms with E-state index >= 15 is 0 Å². The summed E-state index contributed by atoms with van der Waals surface area (Å²) in [5.74, 6) is 0.759. The number of nitrogens with zero attached hydrogens (tertiary/aromatic N) is 5. The number of hydrogen-bond acceptors (Lipinski definition) is 6. The van der Waals surface area contributed by atoms with Crippen LogP contribution in [0, 0.1) is 11.3 Å². The van der Waals surface area contributed by atoms with Crippen LogP contribution < -0.4 is 10.2 Å². The normalized spacial score (nSPS) is 14.9. The predicted octanol–water partition coefficient (Wildman–Crippen LogP) is 1.11. The van der Waals surface area contributed by atoms with Crippen molar-refractivity contribution < 1.29 is 4.79 Å². The number of rotatable bonds is 4. The van der Waals surface area contributed by atoms with Crippen molar-refractivity contribution >= 4 is 17.4 Å². The second-order valence-electron chi connectivity index (χ2n) is 5.57. The van der Waals surface area contributed by atoms with Crippen molar-refractivity contribution in [3.63, 3.8) is 0 Å². The third-order valence-electron chi connectivity index (χ3n) is 3.89. The topological polar surface area (TPSA) is 85.2 Å². The molecular formula is C17H18N6O. The number of amides is 1. The van der Waals surface area contributed by atoms with Crippen LogP contribution in [-0.4, -0.2) is 53.7 Å². The number of benzene rings is 1. The zero-order valence-corrected chi connectivity index (χ0v) is 13.2. The van der Waals surface area contributed by atoms with Crippen LogP contribution in [0.4, 0.5) is 11.5 Å². The van der Waals surface area contributed by atoms with Gasteiger partial charge in [0, 0.05) is 31.9 Å². The van der Waals surface area contributed by atoms with Crippen molar-refractivity contribution in [3.8, 4) is 6.07 Å². The van der Waals surface area contributed by atoms with Gasteiger partial charge in [0.1, 0.15) is 6.07 Å². The lowest BCUT2D eigenvalue weighted by Crippen LogP contribution is -2.49. The number of aromatic nitrogens is 2. The Kier molecular flexibility index (Phi) is 4.99. The highest BCUT2D eigenvalue weighted by Crippen LogP contribution is 2.13. The summed E-state index contributed by atoms with van der Waals surface area (Å²) in [6.45, 7) is 3.49. The molecule has 1 saturated heterocycles. The third kappa shape index (κ3) is 4.06. The van der Waals surface area contributed by atoms with Gasteiger partial charge in [0.25, 0.3) is 0 Å². The SMILES string of the molecule is N#Cc1ccc(N2CCN(CC(=O)Nc3ccccc3)CC2)nn1. The second-order valence-corrected chi connectivity index (χ2v) is 5.57. The van der Waals surface area contributed by atoms with Gasteiger partial charge in [0.15, 0.2) is 11.5 Å². The number of carbonyl (C=O) groups is 1. The van der Waals surface area contributed by atoms with Crippen LogP contribution in [0.15, 0.2) is 42.5 Å². The largest absolute Gasteiger partial charge is 0.353 e. The van der Waals surface area contributed by atoms with E-state index in [4.69, 9.17) is 5.26 Å². The van der Waals surface area contributed by atoms with E-state index in [1.54, 1.807) is 6.07 Å². The van der Waals surface area contributed by atoms with Gasteiger partial charge >= 0.3 is 0 Å². The Balaban J connectivity index is 1.48. The lowest BCUT2D eigenvalue weighted by molar-refractivity contribution is -0.117. The molecular weight excluding hydrogens is 304 g/mol. The van der Waals surface area contributed by atoms with E-state index in [0.29, 0.717) is 12.2 Å². The molecule has 7 heteroatoms. The van der Waals surface area contributed by atoms with Gasteiger partial charge in [-0.05, 0) is 24.3 Å². The Morgan fingerprint density at radius 3 is 2.46 bits per heavy atom. The number of anilines is 2. The van der Waals surface area contributed by atoms with Crippen molar-refractivity contribution in [2.24, 2.45) is 0 Å². The van der Waals surface area contributed by atoms with Crippen LogP contribution >= 0.6 is 0 Å². The van der Waals surface area contributed by atoms with E-state index in [2.05, 4.69) is 25.3 Å². The Morgan fingerprint density at radius 1 is 1.08 bits per heavy atom. The van der Waals surface area contributed by atoms with Crippen LogP contribution in [0.25, 0.3) is 0 Å². The maximum atomic E-state index is 12.1. The predicted molar refractivity (Wildman–Crippen MR) is 90.5 cm³/mol. The third-order valence-corrected chi connectivity index (χ3v) is 3.89. The zero-order chi connectivity index (χ0) is 16.8. The fourth-order valence-electron chi connectivity index (χ4n) is 2.61. The lowest BCUT2D eigenvalue weighted by Gasteiger charge is -2.34. The smallest absolute Gasteiger partial charge is 0.238 e. The molecule has 1 aliphatic heterocycles. The molecule has 1 aliphatic rings. The summed E-state index contributed by atoms with van der Waals surface area (Å²) in [6, 6.07) is 14.9. The highest BCUT2D eigenvalue weighted by atomic mass is 16.2. The first-order chi connectivity index (χ1) is 11.7. The fraction of sp³-hybridized carbons (Fsp3) is 0.294. The number of piperazine rings is 1. The molecule has 0 unspecified atom stereocenters. The molecule has 1 N–H and O–H groups in total. The average Bonchev–Trinajstić information content (AvgIpc) is 2.63. The average molecular weight is 322 g/mol. The molecule has 1 fully saturated rings. The minimum absolute atomic E-state index is 0.00665. The van der Waals surface area contributed by atoms with Crippen LogP contribution in [-0.2, 0) is 4.79 Å². The van der Waals surface area contributed by atoms with Crippen LogP contribution in [0.2, 0.25) is 0 Å². The van der Waals surface area contributed by atoms with Gasteiger partial charge < -0.3 is 10.2 Å². The summed E-state index contributed by atoms with van der Waals surface area (Å²) >= 11 is 0. The van der Waals surface area contributed by atoms with E-state index in [9.17, 15) is 4.79 Å². The van der Waals surface area contributed by atoms with Gasteiger partial charge in [-0.3, -0.25) is 9.69 Å². The molecule has 3 rings (SSSR count). The molecule has 24 heavy (non-hydrogen) atoms. The molecule has 1 aromatic heterocycles. The van der Waals surface area contributed by atoms with Gasteiger partial charge in [-0.2, -0.15) is 5.26 Å². The summed E-state index contributed by atoms with van der Waals surface area (Å²) in [4.78, 5) is 16.3. The van der Waals surface area contributed by atoms with E-state index in [-0.39, 0.29) is 5.91 Å². The number of nitrogens with one attached hydrogen (secondary N) is 1. The summed E-state index contributed by atoms with van der Waals surface area (Å²) in [5, 5.41) is 19.6. The van der Waals surface area contributed by atoms with E-state index in [1.807, 2.05) is 42.5 Å². The molecule has 0 radical (unpaired) electrons. The van der Waals surface area contributed by atoms with Crippen molar-refractivity contribution in [2.75, 3.05) is 42.9 Å². The van der Waals surface area contributed by atoms with Gasteiger partial charge in [-0.15, -0.1) is 10.2 Å². The molecule has 0 saturated carbocycles. The maximum Gasteiger partial charge on any atom is 0.238 e. The lowest BCUT2D eigenvalue weighted by atomic mass is 10.3. The van der Waals surface area contributed by atoms with Crippen LogP contribution in [0.5, 0.6) is 0 Å². The number of carbonyl (C=O) groups excluding carboxylic acids is 1.